The molecular formula is C28H35N5O5. The number of rotatable bonds is 7. The summed E-state index contributed by atoms with van der Waals surface area (Å²) in [5.41, 5.74) is 2.64. The highest BCUT2D eigenvalue weighted by Gasteiger charge is 2.31. The summed E-state index contributed by atoms with van der Waals surface area (Å²) in [4.78, 5) is 44.8. The molecule has 5 rings (SSSR count). The molecule has 0 unspecified atom stereocenters. The van der Waals surface area contributed by atoms with Gasteiger partial charge in [-0.3, -0.25) is 14.4 Å². The van der Waals surface area contributed by atoms with Crippen molar-refractivity contribution in [3.8, 4) is 11.5 Å². The predicted octanol–water partition coefficient (Wildman–Crippen LogP) is 2.06. The molecule has 2 N–H and O–H groups in total. The molecule has 2 aromatic carbocycles. The largest absolute Gasteiger partial charge is 0.493 e. The van der Waals surface area contributed by atoms with E-state index in [-0.39, 0.29) is 23.6 Å². The van der Waals surface area contributed by atoms with Gasteiger partial charge in [-0.2, -0.15) is 0 Å². The summed E-state index contributed by atoms with van der Waals surface area (Å²) < 4.78 is 10.6. The van der Waals surface area contributed by atoms with E-state index in [0.717, 1.165) is 31.6 Å². The number of ether oxygens (including phenoxy) is 2. The number of methoxy groups -OCH3 is 2. The van der Waals surface area contributed by atoms with Crippen LogP contribution >= 0.6 is 0 Å². The van der Waals surface area contributed by atoms with Crippen LogP contribution in [0.1, 0.15) is 33.6 Å². The SMILES string of the molecule is COc1ccc(C(=O)N2CCN(c3ccc(C(=O)N4CCNCC4)cc3NC(=O)C3CC3)CC2)cc1OC. The first-order valence-electron chi connectivity index (χ1n) is 13.2. The predicted molar refractivity (Wildman–Crippen MR) is 144 cm³/mol. The van der Waals surface area contributed by atoms with Crippen LogP contribution in [0.4, 0.5) is 11.4 Å². The Morgan fingerprint density at radius 1 is 0.789 bits per heavy atom. The minimum Gasteiger partial charge on any atom is -0.493 e. The van der Waals surface area contributed by atoms with E-state index in [4.69, 9.17) is 9.47 Å². The highest BCUT2D eigenvalue weighted by molar-refractivity contribution is 6.01. The molecule has 10 nitrogen and oxygen atoms in total. The van der Waals surface area contributed by atoms with Gasteiger partial charge >= 0.3 is 0 Å². The number of carbonyl (C=O) groups is 3. The maximum Gasteiger partial charge on any atom is 0.254 e. The molecule has 0 spiro atoms. The van der Waals surface area contributed by atoms with Crippen LogP contribution in [0.2, 0.25) is 0 Å². The van der Waals surface area contributed by atoms with Crippen molar-refractivity contribution >= 4 is 29.1 Å². The van der Waals surface area contributed by atoms with E-state index in [1.54, 1.807) is 38.5 Å². The van der Waals surface area contributed by atoms with Crippen molar-refractivity contribution in [2.75, 3.05) is 76.8 Å². The number of nitrogens with one attached hydrogen (secondary N) is 2. The maximum absolute atomic E-state index is 13.2. The second-order valence-corrected chi connectivity index (χ2v) is 9.89. The van der Waals surface area contributed by atoms with E-state index < -0.39 is 0 Å². The summed E-state index contributed by atoms with van der Waals surface area (Å²) in [7, 11) is 3.11. The summed E-state index contributed by atoms with van der Waals surface area (Å²) in [5.74, 6) is 1.05. The average Bonchev–Trinajstić information content (AvgIpc) is 3.82. The van der Waals surface area contributed by atoms with Crippen LogP contribution in [0.15, 0.2) is 36.4 Å². The second kappa shape index (κ2) is 11.3. The van der Waals surface area contributed by atoms with Crippen molar-refractivity contribution in [2.24, 2.45) is 5.92 Å². The molecule has 10 heteroatoms. The molecule has 3 aliphatic rings. The van der Waals surface area contributed by atoms with Crippen LogP contribution in [-0.4, -0.2) is 94.1 Å². The van der Waals surface area contributed by atoms with Gasteiger partial charge in [-0.15, -0.1) is 0 Å². The molecule has 2 aromatic rings. The number of benzene rings is 2. The Bertz CT molecular complexity index is 1200. The molecular weight excluding hydrogens is 486 g/mol. The summed E-state index contributed by atoms with van der Waals surface area (Å²) in [6.07, 6.45) is 1.80. The van der Waals surface area contributed by atoms with Gasteiger partial charge in [-0.05, 0) is 49.2 Å². The fourth-order valence-corrected chi connectivity index (χ4v) is 4.98. The molecule has 0 aromatic heterocycles. The number of piperazine rings is 2. The summed E-state index contributed by atoms with van der Waals surface area (Å²) in [6.45, 7) is 5.17. The lowest BCUT2D eigenvalue weighted by atomic mass is 10.1. The second-order valence-electron chi connectivity index (χ2n) is 9.89. The zero-order valence-electron chi connectivity index (χ0n) is 22.0. The molecule has 1 saturated carbocycles. The van der Waals surface area contributed by atoms with E-state index in [9.17, 15) is 14.4 Å². The Hall–Kier alpha value is -3.79. The van der Waals surface area contributed by atoms with Gasteiger partial charge < -0.3 is 34.8 Å². The number of nitrogens with zero attached hydrogens (tertiary/aromatic N) is 3. The lowest BCUT2D eigenvalue weighted by Crippen LogP contribution is -2.49. The first-order chi connectivity index (χ1) is 18.5. The minimum atomic E-state index is -0.0650. The highest BCUT2D eigenvalue weighted by atomic mass is 16.5. The van der Waals surface area contributed by atoms with Gasteiger partial charge in [0, 0.05) is 69.4 Å². The van der Waals surface area contributed by atoms with Gasteiger partial charge in [0.05, 0.1) is 25.6 Å². The van der Waals surface area contributed by atoms with Crippen LogP contribution in [0.3, 0.4) is 0 Å². The Balaban J connectivity index is 1.30. The summed E-state index contributed by atoms with van der Waals surface area (Å²) >= 11 is 0. The van der Waals surface area contributed by atoms with Crippen LogP contribution in [0, 0.1) is 5.92 Å². The van der Waals surface area contributed by atoms with E-state index in [0.29, 0.717) is 67.6 Å². The van der Waals surface area contributed by atoms with E-state index in [1.165, 1.54) is 0 Å². The molecule has 0 atom stereocenters. The fourth-order valence-electron chi connectivity index (χ4n) is 4.98. The van der Waals surface area contributed by atoms with Gasteiger partial charge in [-0.1, -0.05) is 0 Å². The third-order valence-electron chi connectivity index (χ3n) is 7.39. The molecule has 3 amide bonds. The number of carbonyl (C=O) groups excluding carboxylic acids is 3. The molecule has 202 valence electrons. The molecule has 0 bridgehead atoms. The fraction of sp³-hybridized carbons (Fsp3) is 0.464. The Morgan fingerprint density at radius 2 is 1.39 bits per heavy atom. The third-order valence-corrected chi connectivity index (χ3v) is 7.39. The standard InChI is InChI=1S/C28H35N5O5/c1-37-24-8-6-21(18-25(24)38-2)28(36)33-15-13-31(14-16-33)23-7-5-20(27(35)32-11-9-29-10-12-32)17-22(23)30-26(34)19-3-4-19/h5-8,17-19,29H,3-4,9-16H2,1-2H3,(H,30,34). The maximum atomic E-state index is 13.2. The number of anilines is 2. The van der Waals surface area contributed by atoms with Gasteiger partial charge in [0.15, 0.2) is 11.5 Å². The molecule has 2 saturated heterocycles. The summed E-state index contributed by atoms with van der Waals surface area (Å²) in [6, 6.07) is 10.8. The first-order valence-corrected chi connectivity index (χ1v) is 13.2. The normalized spacial score (nSPS) is 17.7. The minimum absolute atomic E-state index is 0.000267. The van der Waals surface area contributed by atoms with Gasteiger partial charge in [0.2, 0.25) is 5.91 Å². The number of hydrogen-bond donors (Lipinski definition) is 2. The van der Waals surface area contributed by atoms with Crippen molar-refractivity contribution in [3.05, 3.63) is 47.5 Å². The lowest BCUT2D eigenvalue weighted by molar-refractivity contribution is -0.117. The zero-order valence-corrected chi connectivity index (χ0v) is 22.0. The molecule has 2 heterocycles. The van der Waals surface area contributed by atoms with E-state index >= 15 is 0 Å². The molecule has 0 radical (unpaired) electrons. The molecule has 1 aliphatic carbocycles. The van der Waals surface area contributed by atoms with Crippen molar-refractivity contribution in [1.29, 1.82) is 0 Å². The third kappa shape index (κ3) is 5.55. The van der Waals surface area contributed by atoms with E-state index in [1.807, 2.05) is 21.9 Å². The number of hydrogen-bond acceptors (Lipinski definition) is 7. The number of amides is 3. The van der Waals surface area contributed by atoms with Crippen molar-refractivity contribution in [3.63, 3.8) is 0 Å². The lowest BCUT2D eigenvalue weighted by Gasteiger charge is -2.37. The zero-order chi connectivity index (χ0) is 26.6. The van der Waals surface area contributed by atoms with Crippen LogP contribution in [-0.2, 0) is 4.79 Å². The Kier molecular flexibility index (Phi) is 7.69. The monoisotopic (exact) mass is 521 g/mol. The molecule has 38 heavy (non-hydrogen) atoms. The topological polar surface area (TPSA) is 103 Å². The van der Waals surface area contributed by atoms with Crippen molar-refractivity contribution < 1.29 is 23.9 Å². The smallest absolute Gasteiger partial charge is 0.254 e. The average molecular weight is 522 g/mol. The van der Waals surface area contributed by atoms with E-state index in [2.05, 4.69) is 15.5 Å². The quantitative estimate of drug-likeness (QED) is 0.575. The van der Waals surface area contributed by atoms with Gasteiger partial charge in [0.25, 0.3) is 11.8 Å². The Morgan fingerprint density at radius 3 is 2.03 bits per heavy atom. The molecule has 2 aliphatic heterocycles. The van der Waals surface area contributed by atoms with Gasteiger partial charge in [0.1, 0.15) is 0 Å². The molecule has 3 fully saturated rings. The highest BCUT2D eigenvalue weighted by Crippen LogP contribution is 2.34. The van der Waals surface area contributed by atoms with Crippen molar-refractivity contribution in [1.82, 2.24) is 15.1 Å². The first kappa shape index (κ1) is 25.8. The Labute approximate surface area is 222 Å². The van der Waals surface area contributed by atoms with Crippen LogP contribution in [0.25, 0.3) is 0 Å². The van der Waals surface area contributed by atoms with Crippen LogP contribution < -0.4 is 25.0 Å². The van der Waals surface area contributed by atoms with Crippen LogP contribution in [0.5, 0.6) is 11.5 Å². The van der Waals surface area contributed by atoms with Crippen molar-refractivity contribution in [2.45, 2.75) is 12.8 Å². The summed E-state index contributed by atoms with van der Waals surface area (Å²) in [5, 5.41) is 6.35. The van der Waals surface area contributed by atoms with Gasteiger partial charge in [-0.25, -0.2) is 0 Å².